The van der Waals surface area contributed by atoms with E-state index < -0.39 is 32.0 Å². The van der Waals surface area contributed by atoms with Gasteiger partial charge in [-0.25, -0.2) is 21.6 Å². The first kappa shape index (κ1) is 25.3. The maximum Gasteiger partial charge on any atom is 0.241 e. The number of sulfonamides is 2. The minimum atomic E-state index is -3.87. The fraction of sp³-hybridized carbons (Fsp3) is 0.350. The van der Waals surface area contributed by atoms with Crippen LogP contribution < -0.4 is 14.8 Å². The molecule has 0 aliphatic carbocycles. The molecule has 11 heteroatoms. The normalized spacial score (nSPS) is 13.2. The highest BCUT2D eigenvalue weighted by Crippen LogP contribution is 2.14. The van der Waals surface area contributed by atoms with Gasteiger partial charge < -0.3 is 5.32 Å². The van der Waals surface area contributed by atoms with Crippen LogP contribution in [0.3, 0.4) is 0 Å². The van der Waals surface area contributed by atoms with Gasteiger partial charge in [-0.05, 0) is 56.2 Å². The monoisotopic (exact) mass is 487 g/mol. The molecule has 0 unspecified atom stereocenters. The van der Waals surface area contributed by atoms with Gasteiger partial charge in [0.05, 0.1) is 16.7 Å². The molecule has 8 nitrogen and oxygen atoms in total. The maximum atomic E-state index is 12.4. The van der Waals surface area contributed by atoms with Crippen LogP contribution in [0.15, 0.2) is 53.4 Å². The van der Waals surface area contributed by atoms with E-state index in [1.807, 2.05) is 0 Å². The van der Waals surface area contributed by atoms with E-state index in [-0.39, 0.29) is 23.2 Å². The van der Waals surface area contributed by atoms with Crippen molar-refractivity contribution < 1.29 is 21.6 Å². The van der Waals surface area contributed by atoms with E-state index in [2.05, 4.69) is 14.8 Å². The zero-order chi connectivity index (χ0) is 23.2. The van der Waals surface area contributed by atoms with Crippen LogP contribution in [0.4, 0.5) is 0 Å². The standard InChI is InChI=1S/C20H26ClN3O5S2/c1-14(2)23-30(26,27)13-17-6-4-16(5-7-17)12-22-20(25)15(3)24-31(28,29)19-10-8-18(21)9-11-19/h4-11,14-15,23-24H,12-13H2,1-3H3,(H,22,25)/t15-/m0/s1. The molecule has 1 amide bonds. The van der Waals surface area contributed by atoms with Gasteiger partial charge in [-0.3, -0.25) is 4.79 Å². The van der Waals surface area contributed by atoms with Crippen LogP contribution in [0.25, 0.3) is 0 Å². The number of amides is 1. The summed E-state index contributed by atoms with van der Waals surface area (Å²) in [5, 5.41) is 3.07. The fourth-order valence-electron chi connectivity index (χ4n) is 2.68. The molecule has 0 aliphatic rings. The van der Waals surface area contributed by atoms with Crippen molar-refractivity contribution in [1.82, 2.24) is 14.8 Å². The molecule has 0 aromatic heterocycles. The van der Waals surface area contributed by atoms with Crippen LogP contribution in [0.5, 0.6) is 0 Å². The van der Waals surface area contributed by atoms with E-state index in [1.165, 1.54) is 31.2 Å². The van der Waals surface area contributed by atoms with Crippen LogP contribution in [0, 0.1) is 0 Å². The van der Waals surface area contributed by atoms with Gasteiger partial charge in [-0.2, -0.15) is 4.72 Å². The summed E-state index contributed by atoms with van der Waals surface area (Å²) in [6.45, 7) is 5.11. The largest absolute Gasteiger partial charge is 0.351 e. The summed E-state index contributed by atoms with van der Waals surface area (Å²) >= 11 is 5.77. The van der Waals surface area contributed by atoms with Gasteiger partial charge in [0.1, 0.15) is 0 Å². The van der Waals surface area contributed by atoms with Crippen molar-refractivity contribution in [3.05, 3.63) is 64.7 Å². The number of carbonyl (C=O) groups excluding carboxylic acids is 1. The molecule has 2 rings (SSSR count). The molecule has 3 N–H and O–H groups in total. The van der Waals surface area contributed by atoms with Crippen molar-refractivity contribution in [2.45, 2.75) is 50.0 Å². The lowest BCUT2D eigenvalue weighted by Crippen LogP contribution is -2.44. The van der Waals surface area contributed by atoms with E-state index in [0.717, 1.165) is 5.56 Å². The van der Waals surface area contributed by atoms with Gasteiger partial charge in [0.25, 0.3) is 0 Å². The Hall–Kier alpha value is -1.98. The molecule has 1 atom stereocenters. The van der Waals surface area contributed by atoms with E-state index in [1.54, 1.807) is 38.1 Å². The van der Waals surface area contributed by atoms with Crippen molar-refractivity contribution in [3.8, 4) is 0 Å². The lowest BCUT2D eigenvalue weighted by Gasteiger charge is -2.15. The molecule has 0 saturated carbocycles. The topological polar surface area (TPSA) is 121 Å². The minimum Gasteiger partial charge on any atom is -0.351 e. The van der Waals surface area contributed by atoms with Crippen molar-refractivity contribution >= 4 is 37.6 Å². The molecular weight excluding hydrogens is 462 g/mol. The molecule has 0 bridgehead atoms. The summed E-state index contributed by atoms with van der Waals surface area (Å²) in [4.78, 5) is 12.3. The van der Waals surface area contributed by atoms with Crippen LogP contribution in [-0.2, 0) is 37.1 Å². The van der Waals surface area contributed by atoms with Gasteiger partial charge >= 0.3 is 0 Å². The molecule has 2 aromatic rings. The average molecular weight is 488 g/mol. The summed E-state index contributed by atoms with van der Waals surface area (Å²) in [6, 6.07) is 11.2. The quantitative estimate of drug-likeness (QED) is 0.474. The smallest absolute Gasteiger partial charge is 0.241 e. The van der Waals surface area contributed by atoms with Crippen LogP contribution in [0.2, 0.25) is 5.02 Å². The SMILES string of the molecule is CC(C)NS(=O)(=O)Cc1ccc(CNC(=O)[C@H](C)NS(=O)(=O)c2ccc(Cl)cc2)cc1. The summed E-state index contributed by atoms with van der Waals surface area (Å²) in [5.74, 6) is -0.633. The Bertz CT molecular complexity index is 1100. The Morgan fingerprint density at radius 3 is 1.97 bits per heavy atom. The lowest BCUT2D eigenvalue weighted by molar-refractivity contribution is -0.122. The third kappa shape index (κ3) is 8.23. The van der Waals surface area contributed by atoms with Gasteiger partial charge in [-0.15, -0.1) is 0 Å². The number of benzene rings is 2. The molecule has 0 radical (unpaired) electrons. The number of halogens is 1. The fourth-order valence-corrected chi connectivity index (χ4v) is 5.45. The zero-order valence-electron chi connectivity index (χ0n) is 17.4. The van der Waals surface area contributed by atoms with Crippen molar-refractivity contribution in [3.63, 3.8) is 0 Å². The lowest BCUT2D eigenvalue weighted by atomic mass is 10.1. The third-order valence-corrected chi connectivity index (χ3v) is 7.46. The molecule has 0 aliphatic heterocycles. The summed E-state index contributed by atoms with van der Waals surface area (Å²) in [7, 11) is -7.29. The first-order valence-electron chi connectivity index (χ1n) is 9.51. The van der Waals surface area contributed by atoms with Gasteiger partial charge in [-0.1, -0.05) is 35.9 Å². The average Bonchev–Trinajstić information content (AvgIpc) is 2.65. The molecular formula is C20H26ClN3O5S2. The van der Waals surface area contributed by atoms with Crippen LogP contribution >= 0.6 is 11.6 Å². The van der Waals surface area contributed by atoms with Gasteiger partial charge in [0, 0.05) is 17.6 Å². The maximum absolute atomic E-state index is 12.4. The number of hydrogen-bond donors (Lipinski definition) is 3. The van der Waals surface area contributed by atoms with E-state index >= 15 is 0 Å². The van der Waals surface area contributed by atoms with Gasteiger partial charge in [0.15, 0.2) is 0 Å². The molecule has 31 heavy (non-hydrogen) atoms. The second-order valence-electron chi connectivity index (χ2n) is 7.36. The Balaban J connectivity index is 1.91. The van der Waals surface area contributed by atoms with Crippen LogP contribution in [0.1, 0.15) is 31.9 Å². The van der Waals surface area contributed by atoms with Crippen LogP contribution in [-0.4, -0.2) is 34.8 Å². The van der Waals surface area contributed by atoms with Crippen molar-refractivity contribution in [2.24, 2.45) is 0 Å². The molecule has 0 spiro atoms. The van der Waals surface area contributed by atoms with E-state index in [4.69, 9.17) is 11.6 Å². The molecule has 0 heterocycles. The summed E-state index contributed by atoms with van der Waals surface area (Å²) in [5.41, 5.74) is 1.37. The molecule has 0 saturated heterocycles. The first-order chi connectivity index (χ1) is 14.4. The predicted octanol–water partition coefficient (Wildman–Crippen LogP) is 2.15. The first-order valence-corrected chi connectivity index (χ1v) is 13.0. The minimum absolute atomic E-state index is 0.00838. The van der Waals surface area contributed by atoms with Crippen molar-refractivity contribution in [1.29, 1.82) is 0 Å². The Kier molecular flexibility index (Phi) is 8.61. The van der Waals surface area contributed by atoms with E-state index in [0.29, 0.717) is 10.6 Å². The summed E-state index contributed by atoms with van der Waals surface area (Å²) in [6.07, 6.45) is 0. The Morgan fingerprint density at radius 1 is 0.871 bits per heavy atom. The highest BCUT2D eigenvalue weighted by Gasteiger charge is 2.22. The summed E-state index contributed by atoms with van der Waals surface area (Å²) < 4.78 is 53.5. The zero-order valence-corrected chi connectivity index (χ0v) is 19.8. The van der Waals surface area contributed by atoms with Gasteiger partial charge in [0.2, 0.25) is 26.0 Å². The Labute approximate surface area is 188 Å². The number of carbonyl (C=O) groups is 1. The van der Waals surface area contributed by atoms with Crippen molar-refractivity contribution in [2.75, 3.05) is 0 Å². The second kappa shape index (κ2) is 10.6. The molecule has 2 aromatic carbocycles. The highest BCUT2D eigenvalue weighted by atomic mass is 35.5. The highest BCUT2D eigenvalue weighted by molar-refractivity contribution is 7.89. The number of hydrogen-bond acceptors (Lipinski definition) is 5. The van der Waals surface area contributed by atoms with E-state index in [9.17, 15) is 21.6 Å². The second-order valence-corrected chi connectivity index (χ2v) is 11.3. The number of nitrogens with one attached hydrogen (secondary N) is 3. The molecule has 0 fully saturated rings. The third-order valence-electron chi connectivity index (χ3n) is 4.11. The molecule has 170 valence electrons. The predicted molar refractivity (Wildman–Crippen MR) is 120 cm³/mol. The Morgan fingerprint density at radius 2 is 1.42 bits per heavy atom. The number of rotatable bonds is 10.